The number of nitrogens with one attached hydrogen (secondary N) is 1. The molecule has 1 heterocycles. The Balaban J connectivity index is 0.000000258. The summed E-state index contributed by atoms with van der Waals surface area (Å²) in [4.78, 5) is 25.0. The maximum atomic E-state index is 11.5. The SMILES string of the molecule is CC(C)CC(NC=O)c1ccccc1N1CCCCC1.CCOC(=O)c1ccc(C)cc1OCC. The topological polar surface area (TPSA) is 67.9 Å². The Morgan fingerprint density at radius 2 is 1.77 bits per heavy atom. The molecule has 0 spiro atoms. The smallest absolute Gasteiger partial charge is 0.341 e. The van der Waals surface area contributed by atoms with Gasteiger partial charge in [0.05, 0.1) is 19.3 Å². The second-order valence-electron chi connectivity index (χ2n) is 9.23. The van der Waals surface area contributed by atoms with Gasteiger partial charge >= 0.3 is 5.97 Å². The molecule has 1 aliphatic heterocycles. The molecule has 1 unspecified atom stereocenters. The highest BCUT2D eigenvalue weighted by molar-refractivity contribution is 5.92. The van der Waals surface area contributed by atoms with Gasteiger partial charge in [0.1, 0.15) is 11.3 Å². The molecule has 0 saturated carbocycles. The third kappa shape index (κ3) is 8.93. The highest BCUT2D eigenvalue weighted by Crippen LogP contribution is 2.31. The van der Waals surface area contributed by atoms with Crippen LogP contribution >= 0.6 is 0 Å². The van der Waals surface area contributed by atoms with Crippen molar-refractivity contribution in [3.05, 3.63) is 59.2 Å². The molecule has 0 aromatic heterocycles. The average molecular weight is 483 g/mol. The summed E-state index contributed by atoms with van der Waals surface area (Å²) < 4.78 is 10.3. The fourth-order valence-electron chi connectivity index (χ4n) is 4.33. The van der Waals surface area contributed by atoms with Crippen LogP contribution in [0.15, 0.2) is 42.5 Å². The first-order chi connectivity index (χ1) is 16.9. The molecule has 35 heavy (non-hydrogen) atoms. The summed E-state index contributed by atoms with van der Waals surface area (Å²) in [7, 11) is 0. The number of anilines is 1. The molecular weight excluding hydrogens is 440 g/mol. The van der Waals surface area contributed by atoms with Crippen molar-refractivity contribution in [1.82, 2.24) is 5.32 Å². The predicted octanol–water partition coefficient (Wildman–Crippen LogP) is 6.08. The average Bonchev–Trinajstić information content (AvgIpc) is 2.85. The van der Waals surface area contributed by atoms with E-state index in [2.05, 4.69) is 48.3 Å². The van der Waals surface area contributed by atoms with Crippen molar-refractivity contribution in [3.63, 3.8) is 0 Å². The third-order valence-corrected chi connectivity index (χ3v) is 5.92. The Kier molecular flexibility index (Phi) is 12.2. The van der Waals surface area contributed by atoms with Gasteiger partial charge in [0.2, 0.25) is 6.41 Å². The van der Waals surface area contributed by atoms with Crippen LogP contribution in [0, 0.1) is 12.8 Å². The van der Waals surface area contributed by atoms with Gasteiger partial charge in [-0.1, -0.05) is 38.1 Å². The summed E-state index contributed by atoms with van der Waals surface area (Å²) in [5.74, 6) is 0.818. The van der Waals surface area contributed by atoms with E-state index < -0.39 is 0 Å². The number of para-hydroxylation sites is 1. The maximum absolute atomic E-state index is 11.5. The van der Waals surface area contributed by atoms with Crippen LogP contribution in [0.3, 0.4) is 0 Å². The van der Waals surface area contributed by atoms with Crippen LogP contribution in [0.2, 0.25) is 0 Å². The number of benzene rings is 2. The standard InChI is InChI=1S/C17H26N2O.C12H16O3/c1-14(2)12-16(18-13-20)15-8-4-5-9-17(15)19-10-6-3-7-11-19;1-4-14-11-8-9(3)6-7-10(11)12(13)15-5-2/h4-5,8-9,13-14,16H,3,6-7,10-12H2,1-2H3,(H,18,20);6-8H,4-5H2,1-3H3. The first kappa shape index (κ1) is 28.2. The number of amides is 1. The Labute approximate surface area is 211 Å². The molecule has 2 aromatic carbocycles. The monoisotopic (exact) mass is 482 g/mol. The highest BCUT2D eigenvalue weighted by Gasteiger charge is 2.20. The second kappa shape index (κ2) is 15.1. The molecule has 1 N–H and O–H groups in total. The fourth-order valence-corrected chi connectivity index (χ4v) is 4.33. The van der Waals surface area contributed by atoms with Crippen LogP contribution in [0.1, 0.15) is 80.9 Å². The number of hydrogen-bond donors (Lipinski definition) is 1. The molecule has 1 saturated heterocycles. The van der Waals surface area contributed by atoms with Crippen molar-refractivity contribution in [2.24, 2.45) is 5.92 Å². The lowest BCUT2D eigenvalue weighted by Gasteiger charge is -2.32. The van der Waals surface area contributed by atoms with Crippen molar-refractivity contribution in [2.45, 2.75) is 66.3 Å². The lowest BCUT2D eigenvalue weighted by molar-refractivity contribution is -0.110. The second-order valence-corrected chi connectivity index (χ2v) is 9.23. The van der Waals surface area contributed by atoms with Gasteiger partial charge in [-0.05, 0) is 81.7 Å². The van der Waals surface area contributed by atoms with Gasteiger partial charge in [-0.2, -0.15) is 0 Å². The zero-order valence-corrected chi connectivity index (χ0v) is 22.0. The number of nitrogens with zero attached hydrogens (tertiary/aromatic N) is 1. The lowest BCUT2D eigenvalue weighted by Crippen LogP contribution is -2.32. The summed E-state index contributed by atoms with van der Waals surface area (Å²) in [5, 5.41) is 3.00. The zero-order chi connectivity index (χ0) is 25.6. The van der Waals surface area contributed by atoms with Crippen LogP contribution < -0.4 is 15.0 Å². The van der Waals surface area contributed by atoms with E-state index in [1.54, 1.807) is 13.0 Å². The number of hydrogen-bond acceptors (Lipinski definition) is 5. The van der Waals surface area contributed by atoms with Crippen LogP contribution in [-0.2, 0) is 9.53 Å². The fraction of sp³-hybridized carbons (Fsp3) is 0.517. The third-order valence-electron chi connectivity index (χ3n) is 5.92. The zero-order valence-electron chi connectivity index (χ0n) is 22.0. The van der Waals surface area contributed by atoms with E-state index in [0.717, 1.165) is 31.5 Å². The van der Waals surface area contributed by atoms with Gasteiger partial charge < -0.3 is 19.7 Å². The van der Waals surface area contributed by atoms with Gasteiger partial charge in [0.15, 0.2) is 0 Å². The van der Waals surface area contributed by atoms with Gasteiger partial charge in [0, 0.05) is 18.8 Å². The number of aryl methyl sites for hydroxylation is 1. The van der Waals surface area contributed by atoms with E-state index in [0.29, 0.717) is 30.4 Å². The molecule has 6 heteroatoms. The van der Waals surface area contributed by atoms with Crippen molar-refractivity contribution in [2.75, 3.05) is 31.2 Å². The predicted molar refractivity (Wildman–Crippen MR) is 142 cm³/mol. The summed E-state index contributed by atoms with van der Waals surface area (Å²) in [6, 6.07) is 14.1. The molecule has 0 bridgehead atoms. The highest BCUT2D eigenvalue weighted by atomic mass is 16.5. The van der Waals surface area contributed by atoms with Gasteiger partial charge in [-0.3, -0.25) is 4.79 Å². The number of ether oxygens (including phenoxy) is 2. The van der Waals surface area contributed by atoms with Crippen LogP contribution in [0.4, 0.5) is 5.69 Å². The molecule has 1 atom stereocenters. The summed E-state index contributed by atoms with van der Waals surface area (Å²) in [5.41, 5.74) is 4.11. The van der Waals surface area contributed by atoms with Crippen molar-refractivity contribution in [1.29, 1.82) is 0 Å². The summed E-state index contributed by atoms with van der Waals surface area (Å²) in [6.07, 6.45) is 5.68. The molecular formula is C29H42N2O4. The van der Waals surface area contributed by atoms with E-state index in [1.807, 2.05) is 26.0 Å². The molecule has 0 aliphatic carbocycles. The maximum Gasteiger partial charge on any atom is 0.341 e. The molecule has 1 amide bonds. The number of rotatable bonds is 10. The summed E-state index contributed by atoms with van der Waals surface area (Å²) >= 11 is 0. The molecule has 2 aromatic rings. The van der Waals surface area contributed by atoms with Gasteiger partial charge in [-0.15, -0.1) is 0 Å². The van der Waals surface area contributed by atoms with E-state index in [1.165, 1.54) is 30.5 Å². The van der Waals surface area contributed by atoms with E-state index >= 15 is 0 Å². The molecule has 1 aliphatic rings. The first-order valence-electron chi connectivity index (χ1n) is 12.8. The quantitative estimate of drug-likeness (QED) is 0.328. The normalized spacial score (nSPS) is 13.9. The molecule has 6 nitrogen and oxygen atoms in total. The lowest BCUT2D eigenvalue weighted by atomic mass is 9.94. The largest absolute Gasteiger partial charge is 0.493 e. The van der Waals surface area contributed by atoms with Crippen LogP contribution in [0.25, 0.3) is 0 Å². The van der Waals surface area contributed by atoms with Gasteiger partial charge in [0.25, 0.3) is 0 Å². The van der Waals surface area contributed by atoms with Crippen molar-refractivity contribution in [3.8, 4) is 5.75 Å². The number of carbonyl (C=O) groups excluding carboxylic acids is 2. The Hall–Kier alpha value is -3.02. The van der Waals surface area contributed by atoms with Crippen LogP contribution in [0.5, 0.6) is 5.75 Å². The Morgan fingerprint density at radius 3 is 2.40 bits per heavy atom. The minimum absolute atomic E-state index is 0.116. The Bertz CT molecular complexity index is 923. The van der Waals surface area contributed by atoms with E-state index in [-0.39, 0.29) is 12.0 Å². The van der Waals surface area contributed by atoms with Crippen molar-refractivity contribution < 1.29 is 19.1 Å². The van der Waals surface area contributed by atoms with Crippen LogP contribution in [-0.4, -0.2) is 38.7 Å². The number of carbonyl (C=O) groups is 2. The minimum atomic E-state index is -0.332. The molecule has 3 rings (SSSR count). The molecule has 0 radical (unpaired) electrons. The van der Waals surface area contributed by atoms with Crippen molar-refractivity contribution >= 4 is 18.1 Å². The van der Waals surface area contributed by atoms with Gasteiger partial charge in [-0.25, -0.2) is 4.79 Å². The van der Waals surface area contributed by atoms with E-state index in [4.69, 9.17) is 9.47 Å². The molecule has 192 valence electrons. The minimum Gasteiger partial charge on any atom is -0.493 e. The Morgan fingerprint density at radius 1 is 1.06 bits per heavy atom. The first-order valence-corrected chi connectivity index (χ1v) is 12.8. The molecule has 1 fully saturated rings. The number of esters is 1. The van der Waals surface area contributed by atoms with E-state index in [9.17, 15) is 9.59 Å². The number of piperidine rings is 1. The summed E-state index contributed by atoms with van der Waals surface area (Å²) in [6.45, 7) is 13.2.